The minimum absolute atomic E-state index is 0.0701. The molecule has 1 aromatic heterocycles. The van der Waals surface area contributed by atoms with Gasteiger partial charge in [0.05, 0.1) is 16.7 Å². The number of likely N-dealkylation sites (N-methyl/N-ethyl adjacent to an activating group) is 2. The topological polar surface area (TPSA) is 140 Å². The Balaban J connectivity index is 2.18. The average molecular weight is 433 g/mol. The molecule has 0 bridgehead atoms. The van der Waals surface area contributed by atoms with Crippen molar-refractivity contribution in [1.82, 2.24) is 14.4 Å². The van der Waals surface area contributed by atoms with Crippen molar-refractivity contribution in [2.24, 2.45) is 0 Å². The van der Waals surface area contributed by atoms with Gasteiger partial charge in [0, 0.05) is 25.8 Å². The van der Waals surface area contributed by atoms with Gasteiger partial charge in [-0.1, -0.05) is 5.16 Å². The number of hydrogen-bond donors (Lipinski definition) is 2. The minimum Gasteiger partial charge on any atom is -0.506 e. The summed E-state index contributed by atoms with van der Waals surface area (Å²) in [6.45, 7) is 2.42. The first-order valence-electron chi connectivity index (χ1n) is 8.85. The number of aliphatic hydroxyl groups is 1. The second-order valence-electron chi connectivity index (χ2n) is 6.74. The quantitative estimate of drug-likeness (QED) is 0.363. The summed E-state index contributed by atoms with van der Waals surface area (Å²) in [5.74, 6) is -1.16. The minimum atomic E-state index is -3.67. The highest BCUT2D eigenvalue weighted by Gasteiger charge is 2.22. The summed E-state index contributed by atoms with van der Waals surface area (Å²) < 4.78 is 31.3. The molecule has 0 aliphatic rings. The third kappa shape index (κ3) is 5.24. The number of aromatic nitrogens is 1. The number of benzene rings is 1. The number of nitriles is 1. The first-order valence-corrected chi connectivity index (χ1v) is 10.3. The number of rotatable bonds is 8. The Kier molecular flexibility index (Phi) is 7.33. The summed E-state index contributed by atoms with van der Waals surface area (Å²) in [7, 11) is 1.52. The molecule has 160 valence electrons. The fraction of sp³-hybridized carbons (Fsp3) is 0.316. The molecular weight excluding hydrogens is 410 g/mol. The maximum atomic E-state index is 12.6. The van der Waals surface area contributed by atoms with Crippen LogP contribution in [0.5, 0.6) is 0 Å². The van der Waals surface area contributed by atoms with E-state index >= 15 is 0 Å². The van der Waals surface area contributed by atoms with E-state index in [9.17, 15) is 23.6 Å². The van der Waals surface area contributed by atoms with Crippen LogP contribution in [0.25, 0.3) is 5.76 Å². The molecule has 30 heavy (non-hydrogen) atoms. The number of amides is 1. The van der Waals surface area contributed by atoms with E-state index in [1.165, 1.54) is 48.7 Å². The van der Waals surface area contributed by atoms with Crippen molar-refractivity contribution in [3.05, 3.63) is 47.4 Å². The lowest BCUT2D eigenvalue weighted by atomic mass is 10.1. The highest BCUT2D eigenvalue weighted by Crippen LogP contribution is 2.21. The van der Waals surface area contributed by atoms with Crippen molar-refractivity contribution in [1.29, 1.82) is 5.26 Å². The molecule has 1 heterocycles. The number of aryl methyl sites for hydroxylation is 1. The summed E-state index contributed by atoms with van der Waals surface area (Å²) in [6.07, 6.45) is 1.20. The molecular formula is C19H23N5O5S. The van der Waals surface area contributed by atoms with Crippen molar-refractivity contribution in [3.63, 3.8) is 0 Å². The van der Waals surface area contributed by atoms with E-state index in [1.807, 2.05) is 19.0 Å². The SMILES string of the molecule is Cc1oncc1/C(O)=C(\C#N)C(=O)Nc1ccc(S(=O)(=O)N(C)CCN(C)C)cc1. The Labute approximate surface area is 175 Å². The predicted octanol–water partition coefficient (Wildman–Crippen LogP) is 1.60. The van der Waals surface area contributed by atoms with Gasteiger partial charge in [-0.3, -0.25) is 4.79 Å². The van der Waals surface area contributed by atoms with Crippen LogP contribution in [0.4, 0.5) is 5.69 Å². The molecule has 0 aliphatic heterocycles. The van der Waals surface area contributed by atoms with E-state index in [0.717, 1.165) is 0 Å². The van der Waals surface area contributed by atoms with Crippen LogP contribution in [0.1, 0.15) is 11.3 Å². The average Bonchev–Trinajstić information content (AvgIpc) is 3.12. The molecule has 1 aromatic carbocycles. The van der Waals surface area contributed by atoms with Crippen LogP contribution in [0.2, 0.25) is 0 Å². The zero-order valence-corrected chi connectivity index (χ0v) is 17.9. The molecule has 0 unspecified atom stereocenters. The van der Waals surface area contributed by atoms with Crippen LogP contribution in [0, 0.1) is 18.3 Å². The zero-order valence-electron chi connectivity index (χ0n) is 17.1. The van der Waals surface area contributed by atoms with Gasteiger partial charge in [-0.05, 0) is 45.3 Å². The monoisotopic (exact) mass is 433 g/mol. The molecule has 0 spiro atoms. The van der Waals surface area contributed by atoms with Gasteiger partial charge < -0.3 is 19.8 Å². The second kappa shape index (κ2) is 9.53. The molecule has 0 saturated heterocycles. The van der Waals surface area contributed by atoms with E-state index in [1.54, 1.807) is 6.07 Å². The fourth-order valence-electron chi connectivity index (χ4n) is 2.42. The Morgan fingerprint density at radius 3 is 2.37 bits per heavy atom. The van der Waals surface area contributed by atoms with Crippen LogP contribution in [0.15, 0.2) is 45.5 Å². The van der Waals surface area contributed by atoms with E-state index < -0.39 is 27.3 Å². The summed E-state index contributed by atoms with van der Waals surface area (Å²) in [5, 5.41) is 25.4. The van der Waals surface area contributed by atoms with E-state index in [2.05, 4.69) is 10.5 Å². The molecule has 0 atom stereocenters. The van der Waals surface area contributed by atoms with Crippen molar-refractivity contribution in [2.45, 2.75) is 11.8 Å². The zero-order chi connectivity index (χ0) is 22.5. The molecule has 1 amide bonds. The first kappa shape index (κ1) is 23.1. The number of carbonyl (C=O) groups excluding carboxylic acids is 1. The Hall–Kier alpha value is -3.20. The van der Waals surface area contributed by atoms with E-state index in [-0.39, 0.29) is 21.9 Å². The van der Waals surface area contributed by atoms with Gasteiger partial charge in [0.15, 0.2) is 11.3 Å². The molecule has 2 N–H and O–H groups in total. The van der Waals surface area contributed by atoms with Crippen molar-refractivity contribution >= 4 is 27.4 Å². The molecule has 0 fully saturated rings. The third-order valence-corrected chi connectivity index (χ3v) is 6.14. The molecule has 0 saturated carbocycles. The number of aliphatic hydroxyl groups excluding tert-OH is 1. The lowest BCUT2D eigenvalue weighted by Crippen LogP contribution is -2.33. The van der Waals surface area contributed by atoms with Crippen molar-refractivity contribution in [3.8, 4) is 6.07 Å². The Bertz CT molecular complexity index is 1080. The second-order valence-corrected chi connectivity index (χ2v) is 8.78. The lowest BCUT2D eigenvalue weighted by molar-refractivity contribution is -0.112. The van der Waals surface area contributed by atoms with Crippen LogP contribution in [0.3, 0.4) is 0 Å². The number of sulfonamides is 1. The van der Waals surface area contributed by atoms with Crippen LogP contribution in [-0.4, -0.2) is 68.0 Å². The van der Waals surface area contributed by atoms with Crippen LogP contribution >= 0.6 is 0 Å². The number of nitrogens with one attached hydrogen (secondary N) is 1. The summed E-state index contributed by atoms with van der Waals surface area (Å²) >= 11 is 0. The predicted molar refractivity (Wildman–Crippen MR) is 110 cm³/mol. The van der Waals surface area contributed by atoms with Gasteiger partial charge in [-0.15, -0.1) is 0 Å². The molecule has 2 aromatic rings. The molecule has 10 nitrogen and oxygen atoms in total. The van der Waals surface area contributed by atoms with Gasteiger partial charge in [-0.2, -0.15) is 9.57 Å². The number of carbonyl (C=O) groups is 1. The van der Waals surface area contributed by atoms with Gasteiger partial charge in [0.1, 0.15) is 11.8 Å². The van der Waals surface area contributed by atoms with Crippen LogP contribution in [-0.2, 0) is 14.8 Å². The Morgan fingerprint density at radius 1 is 1.23 bits per heavy atom. The molecule has 0 radical (unpaired) electrons. The molecule has 0 aliphatic carbocycles. The van der Waals surface area contributed by atoms with Gasteiger partial charge in [0.2, 0.25) is 10.0 Å². The number of nitrogens with zero attached hydrogens (tertiary/aromatic N) is 4. The number of hydrogen-bond acceptors (Lipinski definition) is 8. The largest absolute Gasteiger partial charge is 0.506 e. The van der Waals surface area contributed by atoms with E-state index in [4.69, 9.17) is 4.52 Å². The normalized spacial score (nSPS) is 12.6. The molecule has 11 heteroatoms. The standard InChI is InChI=1S/C19H23N5O5S/c1-13-17(12-21-29-13)18(25)16(11-20)19(26)22-14-5-7-15(8-6-14)30(27,28)24(4)10-9-23(2)3/h5-8,12,25H,9-10H2,1-4H3,(H,22,26)/b18-16-. The maximum Gasteiger partial charge on any atom is 0.270 e. The summed E-state index contributed by atoms with van der Waals surface area (Å²) in [5.41, 5.74) is -0.136. The van der Waals surface area contributed by atoms with Crippen LogP contribution < -0.4 is 5.32 Å². The highest BCUT2D eigenvalue weighted by atomic mass is 32.2. The number of anilines is 1. The van der Waals surface area contributed by atoms with Gasteiger partial charge >= 0.3 is 0 Å². The lowest BCUT2D eigenvalue weighted by Gasteiger charge is -2.19. The van der Waals surface area contributed by atoms with Gasteiger partial charge in [0.25, 0.3) is 5.91 Å². The fourth-order valence-corrected chi connectivity index (χ4v) is 3.58. The van der Waals surface area contributed by atoms with E-state index in [0.29, 0.717) is 13.1 Å². The third-order valence-electron chi connectivity index (χ3n) is 4.26. The summed E-state index contributed by atoms with van der Waals surface area (Å²) in [6, 6.07) is 7.18. The van der Waals surface area contributed by atoms with Crippen molar-refractivity contribution < 1.29 is 22.8 Å². The van der Waals surface area contributed by atoms with Gasteiger partial charge in [-0.25, -0.2) is 8.42 Å². The highest BCUT2D eigenvalue weighted by molar-refractivity contribution is 7.89. The summed E-state index contributed by atoms with van der Waals surface area (Å²) in [4.78, 5) is 14.3. The molecule has 2 rings (SSSR count). The maximum absolute atomic E-state index is 12.6. The van der Waals surface area contributed by atoms with Crippen molar-refractivity contribution in [2.75, 3.05) is 39.5 Å². The smallest absolute Gasteiger partial charge is 0.270 e. The first-order chi connectivity index (χ1) is 14.1. The Morgan fingerprint density at radius 2 is 1.87 bits per heavy atom.